The zero-order valence-corrected chi connectivity index (χ0v) is 7.09. The number of rotatable bonds is 3. The monoisotopic (exact) mass is 153 g/mol. The third-order valence-electron chi connectivity index (χ3n) is 1.81. The van der Waals surface area contributed by atoms with Crippen molar-refractivity contribution in [3.63, 3.8) is 0 Å². The van der Waals surface area contributed by atoms with Crippen molar-refractivity contribution in [1.29, 1.82) is 0 Å². The van der Waals surface area contributed by atoms with E-state index < -0.39 is 0 Å². The molecule has 1 atom stereocenters. The lowest BCUT2D eigenvalue weighted by atomic mass is 10.1. The van der Waals surface area contributed by atoms with Gasteiger partial charge in [-0.05, 0) is 25.0 Å². The molecule has 2 heteroatoms. The molecule has 0 bridgehead atoms. The van der Waals surface area contributed by atoms with Crippen LogP contribution in [0.15, 0.2) is 12.3 Å². The van der Waals surface area contributed by atoms with E-state index in [1.807, 2.05) is 6.20 Å². The van der Waals surface area contributed by atoms with E-state index in [4.69, 9.17) is 5.11 Å². The van der Waals surface area contributed by atoms with E-state index in [0.29, 0.717) is 0 Å². The lowest BCUT2D eigenvalue weighted by Crippen LogP contribution is -2.06. The second-order valence-electron chi connectivity index (χ2n) is 2.89. The normalized spacial score (nSPS) is 13.4. The molecule has 0 saturated heterocycles. The topological polar surface area (TPSA) is 36.0 Å². The van der Waals surface area contributed by atoms with E-state index in [1.165, 1.54) is 11.3 Å². The third-order valence-corrected chi connectivity index (χ3v) is 1.81. The first kappa shape index (κ1) is 8.34. The average molecular weight is 153 g/mol. The van der Waals surface area contributed by atoms with Gasteiger partial charge in [0.2, 0.25) is 0 Å². The van der Waals surface area contributed by atoms with Crippen LogP contribution in [0.25, 0.3) is 0 Å². The van der Waals surface area contributed by atoms with Crippen LogP contribution in [0.2, 0.25) is 0 Å². The molecule has 0 amide bonds. The van der Waals surface area contributed by atoms with Gasteiger partial charge in [0.15, 0.2) is 0 Å². The minimum absolute atomic E-state index is 0.251. The maximum absolute atomic E-state index is 9.12. The fourth-order valence-electron chi connectivity index (χ4n) is 1.25. The van der Waals surface area contributed by atoms with Crippen molar-refractivity contribution >= 4 is 0 Å². The van der Waals surface area contributed by atoms with E-state index >= 15 is 0 Å². The highest BCUT2D eigenvalue weighted by molar-refractivity contribution is 5.20. The van der Waals surface area contributed by atoms with Gasteiger partial charge in [0.05, 0.1) is 6.10 Å². The molecule has 0 saturated carbocycles. The lowest BCUT2D eigenvalue weighted by molar-refractivity contribution is 0.194. The smallest absolute Gasteiger partial charge is 0.0566 e. The van der Waals surface area contributed by atoms with Crippen LogP contribution in [0.5, 0.6) is 0 Å². The molecular weight excluding hydrogens is 138 g/mol. The first-order chi connectivity index (χ1) is 5.24. The van der Waals surface area contributed by atoms with Gasteiger partial charge in [0.25, 0.3) is 0 Å². The van der Waals surface area contributed by atoms with Gasteiger partial charge in [0, 0.05) is 18.3 Å². The Morgan fingerprint density at radius 1 is 1.64 bits per heavy atom. The van der Waals surface area contributed by atoms with Crippen LogP contribution >= 0.6 is 0 Å². The Morgan fingerprint density at radius 3 is 2.91 bits per heavy atom. The summed E-state index contributed by atoms with van der Waals surface area (Å²) in [5, 5.41) is 9.12. The molecule has 0 spiro atoms. The second kappa shape index (κ2) is 3.58. The molecule has 0 aromatic carbocycles. The maximum Gasteiger partial charge on any atom is 0.0566 e. The molecule has 2 nitrogen and oxygen atoms in total. The predicted octanol–water partition coefficient (Wildman–Crippen LogP) is 1.50. The van der Waals surface area contributed by atoms with Crippen molar-refractivity contribution in [2.45, 2.75) is 32.8 Å². The summed E-state index contributed by atoms with van der Waals surface area (Å²) in [5.41, 5.74) is 2.48. The molecule has 2 N–H and O–H groups in total. The summed E-state index contributed by atoms with van der Waals surface area (Å²) in [6.07, 6.45) is 3.44. The molecule has 62 valence electrons. The van der Waals surface area contributed by atoms with Crippen LogP contribution in [0, 0.1) is 0 Å². The third kappa shape index (κ3) is 2.09. The van der Waals surface area contributed by atoms with Gasteiger partial charge in [-0.1, -0.05) is 6.92 Å². The number of hydrogen-bond donors (Lipinski definition) is 2. The van der Waals surface area contributed by atoms with Crippen LogP contribution in [-0.4, -0.2) is 16.2 Å². The highest BCUT2D eigenvalue weighted by atomic mass is 16.3. The summed E-state index contributed by atoms with van der Waals surface area (Å²) in [5.74, 6) is 0. The molecule has 0 aliphatic rings. The molecule has 1 heterocycles. The van der Waals surface area contributed by atoms with Crippen LogP contribution in [-0.2, 0) is 12.8 Å². The number of H-pyrrole nitrogens is 1. The van der Waals surface area contributed by atoms with Crippen LogP contribution in [0.3, 0.4) is 0 Å². The van der Waals surface area contributed by atoms with Gasteiger partial charge in [-0.3, -0.25) is 0 Å². The Morgan fingerprint density at radius 2 is 2.36 bits per heavy atom. The molecule has 0 fully saturated rings. The lowest BCUT2D eigenvalue weighted by Gasteiger charge is -2.03. The van der Waals surface area contributed by atoms with Gasteiger partial charge >= 0.3 is 0 Å². The molecule has 1 aromatic rings. The average Bonchev–Trinajstić information content (AvgIpc) is 2.34. The first-order valence-corrected chi connectivity index (χ1v) is 4.07. The van der Waals surface area contributed by atoms with Gasteiger partial charge < -0.3 is 10.1 Å². The predicted molar refractivity (Wildman–Crippen MR) is 45.6 cm³/mol. The van der Waals surface area contributed by atoms with Crippen molar-refractivity contribution in [3.8, 4) is 0 Å². The fourth-order valence-corrected chi connectivity index (χ4v) is 1.25. The molecule has 1 rings (SSSR count). The van der Waals surface area contributed by atoms with Crippen molar-refractivity contribution in [2.75, 3.05) is 0 Å². The highest BCUT2D eigenvalue weighted by Crippen LogP contribution is 2.09. The molecular formula is C9H15NO. The van der Waals surface area contributed by atoms with E-state index in [-0.39, 0.29) is 6.10 Å². The van der Waals surface area contributed by atoms with Crippen LogP contribution < -0.4 is 0 Å². The zero-order chi connectivity index (χ0) is 8.27. The summed E-state index contributed by atoms with van der Waals surface area (Å²) >= 11 is 0. The summed E-state index contributed by atoms with van der Waals surface area (Å²) in [6, 6.07) is 2.07. The van der Waals surface area contributed by atoms with Gasteiger partial charge in [-0.2, -0.15) is 0 Å². The molecule has 0 aliphatic carbocycles. The van der Waals surface area contributed by atoms with Crippen molar-refractivity contribution < 1.29 is 5.11 Å². The highest BCUT2D eigenvalue weighted by Gasteiger charge is 2.03. The number of aromatic amines is 1. The molecule has 0 radical (unpaired) electrons. The van der Waals surface area contributed by atoms with E-state index in [9.17, 15) is 0 Å². The Hall–Kier alpha value is -0.760. The van der Waals surface area contributed by atoms with Gasteiger partial charge in [-0.25, -0.2) is 0 Å². The standard InChI is InChI=1S/C9H15NO/c1-3-8-4-5-10-9(8)6-7(2)11/h4-5,7,10-11H,3,6H2,1-2H3. The Bertz CT molecular complexity index is 215. The molecule has 1 aromatic heterocycles. The molecule has 1 unspecified atom stereocenters. The Balaban J connectivity index is 2.68. The maximum atomic E-state index is 9.12. The Labute approximate surface area is 67.3 Å². The van der Waals surface area contributed by atoms with Crippen molar-refractivity contribution in [2.24, 2.45) is 0 Å². The van der Waals surface area contributed by atoms with Crippen LogP contribution in [0.1, 0.15) is 25.1 Å². The van der Waals surface area contributed by atoms with E-state index in [2.05, 4.69) is 18.0 Å². The second-order valence-corrected chi connectivity index (χ2v) is 2.89. The minimum atomic E-state index is -0.251. The van der Waals surface area contributed by atoms with Crippen LogP contribution in [0.4, 0.5) is 0 Å². The molecule has 0 aliphatic heterocycles. The summed E-state index contributed by atoms with van der Waals surface area (Å²) < 4.78 is 0. The number of hydrogen-bond acceptors (Lipinski definition) is 1. The van der Waals surface area contributed by atoms with Crippen molar-refractivity contribution in [3.05, 3.63) is 23.5 Å². The Kier molecular flexibility index (Phi) is 2.71. The number of aliphatic hydroxyl groups excluding tert-OH is 1. The van der Waals surface area contributed by atoms with E-state index in [1.54, 1.807) is 6.92 Å². The zero-order valence-electron chi connectivity index (χ0n) is 7.09. The molecule has 11 heavy (non-hydrogen) atoms. The SMILES string of the molecule is CCc1cc[nH]c1CC(C)O. The number of aromatic nitrogens is 1. The number of nitrogens with one attached hydrogen (secondary N) is 1. The quantitative estimate of drug-likeness (QED) is 0.678. The van der Waals surface area contributed by atoms with Gasteiger partial charge in [0.1, 0.15) is 0 Å². The minimum Gasteiger partial charge on any atom is -0.393 e. The summed E-state index contributed by atoms with van der Waals surface area (Å²) in [7, 11) is 0. The van der Waals surface area contributed by atoms with Gasteiger partial charge in [-0.15, -0.1) is 0 Å². The van der Waals surface area contributed by atoms with Crippen molar-refractivity contribution in [1.82, 2.24) is 4.98 Å². The first-order valence-electron chi connectivity index (χ1n) is 4.07. The summed E-state index contributed by atoms with van der Waals surface area (Å²) in [4.78, 5) is 3.13. The number of aliphatic hydroxyl groups is 1. The summed E-state index contributed by atoms with van der Waals surface area (Å²) in [6.45, 7) is 3.93. The largest absolute Gasteiger partial charge is 0.393 e. The van der Waals surface area contributed by atoms with E-state index in [0.717, 1.165) is 12.8 Å². The number of aryl methyl sites for hydroxylation is 1. The fraction of sp³-hybridized carbons (Fsp3) is 0.556.